The second-order valence-corrected chi connectivity index (χ2v) is 9.13. The second kappa shape index (κ2) is 7.67. The van der Waals surface area contributed by atoms with E-state index in [9.17, 15) is 9.59 Å². The smallest absolute Gasteiger partial charge is 0.274 e. The Hall–Kier alpha value is -2.45. The van der Waals surface area contributed by atoms with Gasteiger partial charge in [-0.25, -0.2) is 4.98 Å². The fourth-order valence-corrected chi connectivity index (χ4v) is 5.45. The number of piperidine rings is 1. The molecule has 2 aromatic heterocycles. The van der Waals surface area contributed by atoms with E-state index in [-0.39, 0.29) is 29.3 Å². The molecule has 3 aliphatic rings. The Balaban J connectivity index is 1.45. The minimum Gasteiger partial charge on any atom is -0.336 e. The number of likely N-dealkylation sites (tertiary alicyclic amines) is 1. The van der Waals surface area contributed by atoms with E-state index in [1.165, 1.54) is 0 Å². The fraction of sp³-hybridized carbons (Fsp3) is 0.591. The highest BCUT2D eigenvalue weighted by molar-refractivity contribution is 5.92. The maximum absolute atomic E-state index is 13.4. The van der Waals surface area contributed by atoms with E-state index in [1.807, 2.05) is 35.8 Å². The number of carbonyl (C=O) groups is 1. The molecule has 0 aromatic carbocycles. The van der Waals surface area contributed by atoms with E-state index in [2.05, 4.69) is 25.8 Å². The van der Waals surface area contributed by atoms with Crippen molar-refractivity contribution >= 4 is 5.91 Å². The van der Waals surface area contributed by atoms with Crippen molar-refractivity contribution in [2.45, 2.75) is 31.3 Å². The first-order chi connectivity index (χ1) is 14.5. The van der Waals surface area contributed by atoms with Crippen LogP contribution >= 0.6 is 0 Å². The molecule has 1 fully saturated rings. The predicted molar refractivity (Wildman–Crippen MR) is 114 cm³/mol. The van der Waals surface area contributed by atoms with Crippen LogP contribution in [-0.2, 0) is 13.0 Å². The van der Waals surface area contributed by atoms with Crippen LogP contribution in [0, 0.1) is 5.92 Å². The summed E-state index contributed by atoms with van der Waals surface area (Å²) in [5.41, 5.74) is 1.69. The maximum Gasteiger partial charge on any atom is 0.274 e. The lowest BCUT2D eigenvalue weighted by Crippen LogP contribution is -2.52. The molecule has 0 radical (unpaired) electrons. The largest absolute Gasteiger partial charge is 0.336 e. The highest BCUT2D eigenvalue weighted by Crippen LogP contribution is 2.41. The third-order valence-corrected chi connectivity index (χ3v) is 6.77. The lowest BCUT2D eigenvalue weighted by Gasteiger charge is -2.47. The number of hydrogen-bond donors (Lipinski definition) is 1. The number of pyridine rings is 1. The predicted octanol–water partition coefficient (Wildman–Crippen LogP) is 0.553. The molecule has 1 amide bonds. The van der Waals surface area contributed by atoms with Gasteiger partial charge in [-0.2, -0.15) is 0 Å². The SMILES string of the molecule is CN(C)C[C@H]1[C@H]2C[C@H](CN(C(=O)c3cn4c(n3)CCNCC4)C2)c2cccc(=O)n21. The van der Waals surface area contributed by atoms with Gasteiger partial charge in [0.1, 0.15) is 11.5 Å². The Morgan fingerprint density at radius 1 is 1.27 bits per heavy atom. The van der Waals surface area contributed by atoms with Crippen molar-refractivity contribution < 1.29 is 4.79 Å². The summed E-state index contributed by atoms with van der Waals surface area (Å²) in [6.07, 6.45) is 3.79. The van der Waals surface area contributed by atoms with Crippen molar-refractivity contribution in [1.29, 1.82) is 0 Å². The van der Waals surface area contributed by atoms with Crippen molar-refractivity contribution in [2.24, 2.45) is 5.92 Å². The van der Waals surface area contributed by atoms with E-state index in [0.29, 0.717) is 18.8 Å². The summed E-state index contributed by atoms with van der Waals surface area (Å²) in [5, 5.41) is 3.37. The van der Waals surface area contributed by atoms with Crippen LogP contribution in [0.25, 0.3) is 0 Å². The first-order valence-electron chi connectivity index (χ1n) is 10.9. The summed E-state index contributed by atoms with van der Waals surface area (Å²) in [5.74, 6) is 1.48. The number of likely N-dealkylation sites (N-methyl/N-ethyl adjacent to an activating group) is 1. The number of nitrogens with zero attached hydrogens (tertiary/aromatic N) is 5. The molecule has 1 N–H and O–H groups in total. The van der Waals surface area contributed by atoms with Crippen LogP contribution in [0.5, 0.6) is 0 Å². The molecule has 8 heteroatoms. The number of aromatic nitrogens is 3. The van der Waals surface area contributed by atoms with Gasteiger partial charge in [-0.05, 0) is 32.5 Å². The van der Waals surface area contributed by atoms with Crippen LogP contribution < -0.4 is 10.9 Å². The second-order valence-electron chi connectivity index (χ2n) is 9.13. The highest BCUT2D eigenvalue weighted by Gasteiger charge is 2.42. The Kier molecular flexibility index (Phi) is 4.99. The molecule has 5 rings (SSSR count). The monoisotopic (exact) mass is 410 g/mol. The molecular formula is C22H30N6O2. The first-order valence-corrected chi connectivity index (χ1v) is 10.9. The molecule has 0 spiro atoms. The number of amides is 1. The third kappa shape index (κ3) is 3.37. The normalized spacial score (nSPS) is 25.6. The molecular weight excluding hydrogens is 380 g/mol. The molecule has 3 aliphatic heterocycles. The van der Waals surface area contributed by atoms with Crippen LogP contribution in [0.3, 0.4) is 0 Å². The number of hydrogen-bond acceptors (Lipinski definition) is 5. The van der Waals surface area contributed by atoms with Gasteiger partial charge in [0.15, 0.2) is 0 Å². The fourth-order valence-electron chi connectivity index (χ4n) is 5.45. The number of fused-ring (bicyclic) bond motifs is 5. The summed E-state index contributed by atoms with van der Waals surface area (Å²) >= 11 is 0. The van der Waals surface area contributed by atoms with E-state index < -0.39 is 0 Å². The van der Waals surface area contributed by atoms with Crippen LogP contribution in [0.2, 0.25) is 0 Å². The molecule has 160 valence electrons. The van der Waals surface area contributed by atoms with Crippen molar-refractivity contribution in [2.75, 3.05) is 46.8 Å². The van der Waals surface area contributed by atoms with Gasteiger partial charge in [-0.3, -0.25) is 9.59 Å². The molecule has 5 heterocycles. The summed E-state index contributed by atoms with van der Waals surface area (Å²) in [6, 6.07) is 5.65. The molecule has 8 nitrogen and oxygen atoms in total. The highest BCUT2D eigenvalue weighted by atomic mass is 16.2. The van der Waals surface area contributed by atoms with E-state index in [1.54, 1.807) is 6.07 Å². The van der Waals surface area contributed by atoms with Gasteiger partial charge >= 0.3 is 0 Å². The van der Waals surface area contributed by atoms with Gasteiger partial charge < -0.3 is 24.3 Å². The molecule has 2 aromatic rings. The number of nitrogens with one attached hydrogen (secondary N) is 1. The first kappa shape index (κ1) is 19.5. The van der Waals surface area contributed by atoms with E-state index in [4.69, 9.17) is 0 Å². The standard InChI is InChI=1S/C22H30N6O2/c1-25(2)14-19-16-10-15(18-4-3-5-21(29)28(18)19)11-27(12-16)22(30)17-13-26-9-8-23-7-6-20(26)24-17/h3-5,13,15-16,19,23H,6-12,14H2,1-2H3/t15-,16+,19+/m1/s1. The van der Waals surface area contributed by atoms with Gasteiger partial charge in [-0.1, -0.05) is 6.07 Å². The Labute approximate surface area is 176 Å². The number of rotatable bonds is 3. The van der Waals surface area contributed by atoms with Crippen LogP contribution in [0.1, 0.15) is 40.4 Å². The Morgan fingerprint density at radius 2 is 2.13 bits per heavy atom. The zero-order valence-electron chi connectivity index (χ0n) is 17.8. The minimum atomic E-state index is 0.0218. The molecule has 3 atom stereocenters. The maximum atomic E-state index is 13.4. The molecule has 30 heavy (non-hydrogen) atoms. The van der Waals surface area contributed by atoms with Crippen LogP contribution in [0.15, 0.2) is 29.2 Å². The average Bonchev–Trinajstić information content (AvgIpc) is 3.00. The Morgan fingerprint density at radius 3 is 2.97 bits per heavy atom. The quantitative estimate of drug-likeness (QED) is 0.800. The van der Waals surface area contributed by atoms with Crippen LogP contribution in [0.4, 0.5) is 0 Å². The van der Waals surface area contributed by atoms with Crippen molar-refractivity contribution in [3.8, 4) is 0 Å². The van der Waals surface area contributed by atoms with Crippen molar-refractivity contribution in [3.05, 3.63) is 52.0 Å². The molecule has 0 aliphatic carbocycles. The molecule has 1 saturated heterocycles. The van der Waals surface area contributed by atoms with Crippen LogP contribution in [-0.4, -0.2) is 76.6 Å². The van der Waals surface area contributed by atoms with Gasteiger partial charge in [0.25, 0.3) is 11.5 Å². The summed E-state index contributed by atoms with van der Waals surface area (Å²) in [6.45, 7) is 4.78. The zero-order chi connectivity index (χ0) is 20.8. The minimum absolute atomic E-state index is 0.0218. The van der Waals surface area contributed by atoms with E-state index in [0.717, 1.165) is 50.5 Å². The summed E-state index contributed by atoms with van der Waals surface area (Å²) < 4.78 is 4.11. The zero-order valence-corrected chi connectivity index (χ0v) is 17.8. The lowest BCUT2D eigenvalue weighted by atomic mass is 9.78. The molecule has 0 saturated carbocycles. The topological polar surface area (TPSA) is 75.4 Å². The summed E-state index contributed by atoms with van der Waals surface area (Å²) in [4.78, 5) is 34.9. The van der Waals surface area contributed by atoms with Gasteiger partial charge in [-0.15, -0.1) is 0 Å². The van der Waals surface area contributed by atoms with Gasteiger partial charge in [0, 0.05) is 69.6 Å². The van der Waals surface area contributed by atoms with Gasteiger partial charge in [0.2, 0.25) is 0 Å². The molecule has 2 bridgehead atoms. The average molecular weight is 411 g/mol. The Bertz CT molecular complexity index is 986. The van der Waals surface area contributed by atoms with E-state index >= 15 is 0 Å². The van der Waals surface area contributed by atoms with Gasteiger partial charge in [0.05, 0.1) is 6.04 Å². The molecule has 0 unspecified atom stereocenters. The summed E-state index contributed by atoms with van der Waals surface area (Å²) in [7, 11) is 4.08. The third-order valence-electron chi connectivity index (χ3n) is 6.77. The number of imidazole rings is 1. The lowest BCUT2D eigenvalue weighted by molar-refractivity contribution is 0.0493. The number of carbonyl (C=O) groups excluding carboxylic acids is 1. The van der Waals surface area contributed by atoms with Crippen molar-refractivity contribution in [3.63, 3.8) is 0 Å². The van der Waals surface area contributed by atoms with Crippen molar-refractivity contribution in [1.82, 2.24) is 29.2 Å².